The Morgan fingerprint density at radius 1 is 1.07 bits per heavy atom. The van der Waals surface area contributed by atoms with E-state index in [-0.39, 0.29) is 4.65 Å². The molecule has 0 atom stereocenters. The molecule has 0 unspecified atom stereocenters. The summed E-state index contributed by atoms with van der Waals surface area (Å²) in [7, 11) is 0. The molecule has 0 aromatic rings. The largest absolute Gasteiger partial charge is 0.628 e. The first-order valence-corrected chi connectivity index (χ1v) is 5.62. The van der Waals surface area contributed by atoms with Crippen LogP contribution in [0.2, 0.25) is 0 Å². The normalized spacial score (nSPS) is 12.9. The van der Waals surface area contributed by atoms with Crippen LogP contribution in [0.3, 0.4) is 0 Å². The third-order valence-electron chi connectivity index (χ3n) is 2.25. The number of ether oxygens (including phenoxy) is 2. The van der Waals surface area contributed by atoms with E-state index in [9.17, 15) is 5.21 Å². The van der Waals surface area contributed by atoms with Crippen molar-refractivity contribution in [2.24, 2.45) is 0 Å². The van der Waals surface area contributed by atoms with Gasteiger partial charge < -0.3 is 19.3 Å². The molecule has 0 saturated carbocycles. The summed E-state index contributed by atoms with van der Waals surface area (Å²) >= 11 is 0. The molecule has 0 aromatic carbocycles. The van der Waals surface area contributed by atoms with Crippen LogP contribution >= 0.6 is 0 Å². The summed E-state index contributed by atoms with van der Waals surface area (Å²) in [6, 6.07) is 0. The van der Waals surface area contributed by atoms with Gasteiger partial charge in [-0.25, -0.2) is 0 Å². The predicted molar refractivity (Wildman–Crippen MR) is 60.9 cm³/mol. The van der Waals surface area contributed by atoms with Gasteiger partial charge in [0.05, 0.1) is 19.3 Å². The van der Waals surface area contributed by atoms with Gasteiger partial charge in [0.25, 0.3) is 0 Å². The summed E-state index contributed by atoms with van der Waals surface area (Å²) in [5.74, 6) is 0. The van der Waals surface area contributed by atoms with E-state index >= 15 is 0 Å². The molecule has 15 heavy (non-hydrogen) atoms. The zero-order valence-corrected chi connectivity index (χ0v) is 10.2. The minimum absolute atomic E-state index is 0.337. The second kappa shape index (κ2) is 7.82. The van der Waals surface area contributed by atoms with Crippen molar-refractivity contribution in [2.45, 2.75) is 34.0 Å². The molecular formula is C11H23NO3. The standard InChI is InChI=1S/C11H23NO3/c1-5-12(13,6-2)10-9-11(14-7-3)15-8-4/h9-11H,5-8H2,1-4H3/b10-9+. The molecule has 0 amide bonds. The average Bonchev–Trinajstić information content (AvgIpc) is 2.26. The third-order valence-corrected chi connectivity index (χ3v) is 2.25. The number of hydrogen-bond acceptors (Lipinski definition) is 3. The van der Waals surface area contributed by atoms with Gasteiger partial charge in [0.1, 0.15) is 0 Å². The Balaban J connectivity index is 4.28. The fourth-order valence-corrected chi connectivity index (χ4v) is 1.15. The van der Waals surface area contributed by atoms with Gasteiger partial charge >= 0.3 is 0 Å². The van der Waals surface area contributed by atoms with Crippen LogP contribution in [0, 0.1) is 5.21 Å². The quantitative estimate of drug-likeness (QED) is 0.356. The zero-order chi connectivity index (χ0) is 11.7. The van der Waals surface area contributed by atoms with Crippen molar-refractivity contribution < 1.29 is 14.1 Å². The molecule has 4 nitrogen and oxygen atoms in total. The van der Waals surface area contributed by atoms with E-state index in [1.807, 2.05) is 27.7 Å². The maximum atomic E-state index is 11.9. The Morgan fingerprint density at radius 3 is 1.87 bits per heavy atom. The Bertz CT molecular complexity index is 173. The van der Waals surface area contributed by atoms with Crippen LogP contribution in [0.1, 0.15) is 27.7 Å². The van der Waals surface area contributed by atoms with Gasteiger partial charge in [-0.2, -0.15) is 0 Å². The van der Waals surface area contributed by atoms with Crippen LogP contribution < -0.4 is 0 Å². The van der Waals surface area contributed by atoms with Crippen LogP contribution in [0.4, 0.5) is 0 Å². The lowest BCUT2D eigenvalue weighted by atomic mass is 10.4. The first-order valence-electron chi connectivity index (χ1n) is 5.62. The van der Waals surface area contributed by atoms with Gasteiger partial charge in [0, 0.05) is 19.3 Å². The Morgan fingerprint density at radius 2 is 1.53 bits per heavy atom. The molecule has 0 aliphatic carbocycles. The van der Waals surface area contributed by atoms with E-state index in [2.05, 4.69) is 0 Å². The highest BCUT2D eigenvalue weighted by Gasteiger charge is 2.09. The van der Waals surface area contributed by atoms with E-state index < -0.39 is 6.29 Å². The van der Waals surface area contributed by atoms with E-state index in [0.717, 1.165) is 0 Å². The van der Waals surface area contributed by atoms with Gasteiger partial charge in [-0.15, -0.1) is 0 Å². The lowest BCUT2D eigenvalue weighted by Gasteiger charge is -2.37. The molecule has 0 aliphatic rings. The summed E-state index contributed by atoms with van der Waals surface area (Å²) in [6.07, 6.45) is 2.91. The predicted octanol–water partition coefficient (Wildman–Crippen LogP) is 2.25. The van der Waals surface area contributed by atoms with Crippen molar-refractivity contribution in [2.75, 3.05) is 26.3 Å². The summed E-state index contributed by atoms with van der Waals surface area (Å²) < 4.78 is 10.3. The van der Waals surface area contributed by atoms with Gasteiger partial charge in [-0.3, -0.25) is 0 Å². The van der Waals surface area contributed by atoms with Crippen molar-refractivity contribution in [3.05, 3.63) is 17.5 Å². The number of nitrogens with zero attached hydrogens (tertiary/aromatic N) is 1. The monoisotopic (exact) mass is 217 g/mol. The van der Waals surface area contributed by atoms with Crippen LogP contribution in [0.15, 0.2) is 12.3 Å². The lowest BCUT2D eigenvalue weighted by Crippen LogP contribution is -2.36. The number of hydroxylamine groups is 3. The van der Waals surface area contributed by atoms with Crippen LogP contribution in [-0.4, -0.2) is 37.2 Å². The smallest absolute Gasteiger partial charge is 0.182 e. The molecular weight excluding hydrogens is 194 g/mol. The van der Waals surface area contributed by atoms with Crippen molar-refractivity contribution in [1.29, 1.82) is 0 Å². The molecule has 0 N–H and O–H groups in total. The Kier molecular flexibility index (Phi) is 7.60. The summed E-state index contributed by atoms with van der Waals surface area (Å²) in [6.45, 7) is 9.75. The van der Waals surface area contributed by atoms with Crippen molar-refractivity contribution >= 4 is 0 Å². The van der Waals surface area contributed by atoms with Gasteiger partial charge in [-0.05, 0) is 27.7 Å². The summed E-state index contributed by atoms with van der Waals surface area (Å²) in [5, 5.41) is 11.9. The molecule has 4 heteroatoms. The molecule has 0 fully saturated rings. The SMILES string of the molecule is CCOC(/C=C/[N+]([O-])(CC)CC)OCC. The molecule has 0 heterocycles. The van der Waals surface area contributed by atoms with Crippen molar-refractivity contribution in [3.8, 4) is 0 Å². The van der Waals surface area contributed by atoms with E-state index in [1.165, 1.54) is 0 Å². The highest BCUT2D eigenvalue weighted by Crippen LogP contribution is 2.07. The van der Waals surface area contributed by atoms with Crippen molar-refractivity contribution in [1.82, 2.24) is 0 Å². The molecule has 0 rings (SSSR count). The number of rotatable bonds is 8. The minimum atomic E-state index is -0.399. The topological polar surface area (TPSA) is 41.5 Å². The average molecular weight is 217 g/mol. The summed E-state index contributed by atoms with van der Waals surface area (Å²) in [4.78, 5) is 0. The van der Waals surface area contributed by atoms with Crippen LogP contribution in [0.25, 0.3) is 0 Å². The summed E-state index contributed by atoms with van der Waals surface area (Å²) in [5.41, 5.74) is 0. The highest BCUT2D eigenvalue weighted by atomic mass is 16.7. The van der Waals surface area contributed by atoms with Gasteiger partial charge in [0.15, 0.2) is 6.29 Å². The zero-order valence-electron chi connectivity index (χ0n) is 10.2. The molecule has 0 bridgehead atoms. The molecule has 0 aromatic heterocycles. The molecule has 90 valence electrons. The maximum absolute atomic E-state index is 11.9. The van der Waals surface area contributed by atoms with E-state index in [0.29, 0.717) is 26.3 Å². The van der Waals surface area contributed by atoms with E-state index in [1.54, 1.807) is 12.3 Å². The van der Waals surface area contributed by atoms with Gasteiger partial charge in [0.2, 0.25) is 0 Å². The second-order valence-electron chi connectivity index (χ2n) is 3.21. The lowest BCUT2D eigenvalue weighted by molar-refractivity contribution is -0.825. The first kappa shape index (κ1) is 14.6. The van der Waals surface area contributed by atoms with Crippen LogP contribution in [-0.2, 0) is 9.47 Å². The van der Waals surface area contributed by atoms with Gasteiger partial charge in [-0.1, -0.05) is 0 Å². The maximum Gasteiger partial charge on any atom is 0.182 e. The van der Waals surface area contributed by atoms with Crippen LogP contribution in [0.5, 0.6) is 0 Å². The molecule has 0 spiro atoms. The molecule has 0 aliphatic heterocycles. The number of hydrogen-bond donors (Lipinski definition) is 0. The third kappa shape index (κ3) is 5.89. The number of quaternary nitrogens is 1. The van der Waals surface area contributed by atoms with Crippen molar-refractivity contribution in [3.63, 3.8) is 0 Å². The fourth-order valence-electron chi connectivity index (χ4n) is 1.15. The second-order valence-corrected chi connectivity index (χ2v) is 3.21. The minimum Gasteiger partial charge on any atom is -0.628 e. The first-order chi connectivity index (χ1) is 7.11. The molecule has 0 radical (unpaired) electrons. The fraction of sp³-hybridized carbons (Fsp3) is 0.818. The Labute approximate surface area is 92.6 Å². The Hall–Kier alpha value is -0.420. The van der Waals surface area contributed by atoms with E-state index in [4.69, 9.17) is 9.47 Å². The highest BCUT2D eigenvalue weighted by molar-refractivity contribution is 4.79. The molecule has 0 saturated heterocycles.